The Morgan fingerprint density at radius 1 is 1.27 bits per heavy atom. The van der Waals surface area contributed by atoms with Gasteiger partial charge in [-0.1, -0.05) is 0 Å². The van der Waals surface area contributed by atoms with Crippen LogP contribution >= 0.6 is 0 Å². The molecule has 22 heavy (non-hydrogen) atoms. The van der Waals surface area contributed by atoms with Crippen molar-refractivity contribution in [2.75, 3.05) is 24.6 Å². The lowest BCUT2D eigenvalue weighted by atomic mass is 9.98. The zero-order chi connectivity index (χ0) is 15.9. The molecule has 3 rings (SSSR count). The van der Waals surface area contributed by atoms with E-state index in [1.807, 2.05) is 19.2 Å². The van der Waals surface area contributed by atoms with Crippen molar-refractivity contribution in [3.63, 3.8) is 0 Å². The predicted octanol–water partition coefficient (Wildman–Crippen LogP) is 2.08. The smallest absolute Gasteiger partial charge is 0.294 e. The number of hydrogen-bond donors (Lipinski definition) is 1. The van der Waals surface area contributed by atoms with Gasteiger partial charge in [-0.05, 0) is 31.2 Å². The fraction of sp³-hybridized carbons (Fsp3) is 0.375. The number of nitrogens with zero attached hydrogens (tertiary/aromatic N) is 2. The largest absolute Gasteiger partial charge is 0.306 e. The van der Waals surface area contributed by atoms with E-state index in [4.69, 9.17) is 0 Å². The average molecular weight is 318 g/mol. The van der Waals surface area contributed by atoms with E-state index in [1.165, 1.54) is 0 Å². The van der Waals surface area contributed by atoms with Crippen molar-refractivity contribution in [2.24, 2.45) is 0 Å². The zero-order valence-corrected chi connectivity index (χ0v) is 13.8. The summed E-state index contributed by atoms with van der Waals surface area (Å²) in [7, 11) is -1.21. The van der Waals surface area contributed by atoms with Crippen molar-refractivity contribution in [1.29, 1.82) is 0 Å². The van der Waals surface area contributed by atoms with Gasteiger partial charge in [0, 0.05) is 31.8 Å². The zero-order valence-electron chi connectivity index (χ0n) is 13.0. The van der Waals surface area contributed by atoms with Crippen LogP contribution in [0.15, 0.2) is 36.0 Å². The summed E-state index contributed by atoms with van der Waals surface area (Å²) in [6, 6.07) is 7.47. The van der Waals surface area contributed by atoms with Crippen LogP contribution in [0.5, 0.6) is 0 Å². The molecule has 1 N–H and O–H groups in total. The molecule has 0 aromatic heterocycles. The van der Waals surface area contributed by atoms with Gasteiger partial charge in [0.05, 0.1) is 11.8 Å². The predicted molar refractivity (Wildman–Crippen MR) is 88.2 cm³/mol. The monoisotopic (exact) mass is 318 g/mol. The second-order valence-electron chi connectivity index (χ2n) is 5.75. The molecule has 2 aliphatic rings. The average Bonchev–Trinajstić information content (AvgIpc) is 2.74. The minimum atomic E-state index is -3.24. The van der Waals surface area contributed by atoms with Gasteiger partial charge in [0.1, 0.15) is 11.7 Å². The molecule has 0 fully saturated rings. The Hall–Kier alpha value is -2.04. The lowest BCUT2D eigenvalue weighted by molar-refractivity contribution is 0.185. The first-order valence-corrected chi connectivity index (χ1v) is 9.16. The van der Waals surface area contributed by atoms with Crippen LogP contribution in [0, 0.1) is 6.20 Å². The molecule has 0 bridgehead atoms. The molecule has 1 unspecified atom stereocenters. The molecule has 5 nitrogen and oxygen atoms in total. The minimum absolute atomic E-state index is 0.324. The van der Waals surface area contributed by atoms with E-state index in [-0.39, 0.29) is 0 Å². The lowest BCUT2D eigenvalue weighted by Crippen LogP contribution is -2.37. The molecule has 2 aliphatic heterocycles. The van der Waals surface area contributed by atoms with Crippen LogP contribution < -0.4 is 4.72 Å². The van der Waals surface area contributed by atoms with E-state index in [2.05, 4.69) is 33.7 Å². The van der Waals surface area contributed by atoms with E-state index in [0.29, 0.717) is 11.9 Å². The molecule has 0 saturated heterocycles. The highest BCUT2D eigenvalue weighted by atomic mass is 32.2. The summed E-state index contributed by atoms with van der Waals surface area (Å²) < 4.78 is 25.0. The Kier molecular flexibility index (Phi) is 3.59. The maximum Gasteiger partial charge on any atom is 0.294 e. The number of rotatable bonds is 3. The number of fused-ring (bicyclic) bond motifs is 1. The Morgan fingerprint density at radius 3 is 2.59 bits per heavy atom. The highest BCUT2D eigenvalue weighted by molar-refractivity contribution is 7.92. The second-order valence-corrected chi connectivity index (χ2v) is 7.50. The van der Waals surface area contributed by atoms with Crippen LogP contribution in [-0.4, -0.2) is 44.2 Å². The first-order chi connectivity index (χ1) is 10.3. The topological polar surface area (TPSA) is 52.7 Å². The van der Waals surface area contributed by atoms with Gasteiger partial charge in [-0.2, -0.15) is 0 Å². The highest BCUT2D eigenvalue weighted by Gasteiger charge is 2.40. The van der Waals surface area contributed by atoms with E-state index < -0.39 is 10.0 Å². The molecule has 2 heterocycles. The van der Waals surface area contributed by atoms with Crippen molar-refractivity contribution in [3.05, 3.63) is 47.8 Å². The van der Waals surface area contributed by atoms with Crippen LogP contribution in [0.3, 0.4) is 0 Å². The Labute approximate surface area is 132 Å². The van der Waals surface area contributed by atoms with Gasteiger partial charge < -0.3 is 4.90 Å². The first kappa shape index (κ1) is 14.9. The quantitative estimate of drug-likeness (QED) is 0.867. The molecule has 0 spiro atoms. The second kappa shape index (κ2) is 5.30. The normalized spacial score (nSPS) is 21.0. The van der Waals surface area contributed by atoms with Gasteiger partial charge in [0.15, 0.2) is 0 Å². The van der Waals surface area contributed by atoms with Crippen LogP contribution in [0.2, 0.25) is 0 Å². The van der Waals surface area contributed by atoms with Gasteiger partial charge in [-0.15, -0.1) is 0 Å². The third-order valence-corrected chi connectivity index (χ3v) is 4.66. The van der Waals surface area contributed by atoms with Crippen molar-refractivity contribution >= 4 is 21.3 Å². The number of benzene rings is 1. The van der Waals surface area contributed by atoms with E-state index >= 15 is 0 Å². The summed E-state index contributed by atoms with van der Waals surface area (Å²) in [6.07, 6.45) is 8.11. The molecule has 116 valence electrons. The van der Waals surface area contributed by atoms with E-state index in [9.17, 15) is 8.42 Å². The van der Waals surface area contributed by atoms with Crippen LogP contribution in [0.25, 0.3) is 5.57 Å². The number of anilines is 1. The standard InChI is InChI=1S/C16H20N3O2S/c1-12-18(2)11-16-15(5-4-10-19(12)16)13-6-8-14(9-7-13)17-22(3,20)21/h5-9,12,17H,4,10H2,1-3H3/q+1. The fourth-order valence-corrected chi connectivity index (χ4v) is 3.43. The van der Waals surface area contributed by atoms with Gasteiger partial charge in [0.2, 0.25) is 16.2 Å². The van der Waals surface area contributed by atoms with Crippen molar-refractivity contribution in [2.45, 2.75) is 19.5 Å². The number of sulfonamides is 1. The third kappa shape index (κ3) is 2.80. The molecular formula is C16H20N3O2S+. The molecule has 1 aromatic carbocycles. The SMILES string of the molecule is CC1N(C)[C+]=C2C(c3ccc(NS(C)(=O)=O)cc3)=CCCN21. The minimum Gasteiger partial charge on any atom is -0.306 e. The van der Waals surface area contributed by atoms with Gasteiger partial charge in [-0.25, -0.2) is 13.3 Å². The van der Waals surface area contributed by atoms with Gasteiger partial charge in [-0.3, -0.25) is 4.72 Å². The molecule has 1 atom stereocenters. The Morgan fingerprint density at radius 2 is 1.95 bits per heavy atom. The number of nitrogens with one attached hydrogen (secondary N) is 1. The van der Waals surface area contributed by atoms with Crippen molar-refractivity contribution in [3.8, 4) is 0 Å². The van der Waals surface area contributed by atoms with Gasteiger partial charge >= 0.3 is 0 Å². The molecular weight excluding hydrogens is 298 g/mol. The summed E-state index contributed by atoms with van der Waals surface area (Å²) in [4.78, 5) is 4.44. The molecule has 0 aliphatic carbocycles. The number of allylic oxidation sites excluding steroid dienone is 1. The van der Waals surface area contributed by atoms with Crippen LogP contribution in [0.1, 0.15) is 18.9 Å². The maximum atomic E-state index is 11.3. The Balaban J connectivity index is 1.88. The number of hydrogen-bond acceptors (Lipinski definition) is 4. The first-order valence-electron chi connectivity index (χ1n) is 7.27. The molecule has 1 aromatic rings. The lowest BCUT2D eigenvalue weighted by Gasteiger charge is -2.26. The van der Waals surface area contributed by atoms with E-state index in [1.54, 1.807) is 12.1 Å². The van der Waals surface area contributed by atoms with Crippen molar-refractivity contribution in [1.82, 2.24) is 9.80 Å². The highest BCUT2D eigenvalue weighted by Crippen LogP contribution is 2.36. The van der Waals surface area contributed by atoms with Crippen LogP contribution in [0.4, 0.5) is 5.69 Å². The fourth-order valence-electron chi connectivity index (χ4n) is 2.87. The molecule has 0 amide bonds. The third-order valence-electron chi connectivity index (χ3n) is 4.05. The summed E-state index contributed by atoms with van der Waals surface area (Å²) in [5, 5.41) is 0. The summed E-state index contributed by atoms with van der Waals surface area (Å²) in [6.45, 7) is 3.17. The van der Waals surface area contributed by atoms with Gasteiger partial charge in [0.25, 0.3) is 5.70 Å². The van der Waals surface area contributed by atoms with Crippen LogP contribution in [-0.2, 0) is 10.0 Å². The van der Waals surface area contributed by atoms with Crippen molar-refractivity contribution < 1.29 is 8.42 Å². The molecule has 6 heteroatoms. The Bertz CT molecular complexity index is 735. The molecule has 0 saturated carbocycles. The summed E-state index contributed by atoms with van der Waals surface area (Å²) in [5.41, 5.74) is 3.93. The summed E-state index contributed by atoms with van der Waals surface area (Å²) in [5.74, 6) is 0. The maximum absolute atomic E-state index is 11.3. The van der Waals surface area contributed by atoms with E-state index in [0.717, 1.165) is 36.1 Å². The summed E-state index contributed by atoms with van der Waals surface area (Å²) >= 11 is 0. The molecule has 0 radical (unpaired) electrons.